The smallest absolute Gasteiger partial charge is 0.408 e. The topological polar surface area (TPSA) is 254 Å². The van der Waals surface area contributed by atoms with E-state index in [9.17, 15) is 28.8 Å². The Kier molecular flexibility index (Phi) is 20.3. The normalized spacial score (nSPS) is 15.4. The number of carboxylic acids is 5. The van der Waals surface area contributed by atoms with E-state index in [4.69, 9.17) is 30.6 Å². The molecule has 0 atom stereocenters. The van der Waals surface area contributed by atoms with Gasteiger partial charge in [0.15, 0.2) is 0 Å². The highest BCUT2D eigenvalue weighted by Crippen LogP contribution is 2.23. The van der Waals surface area contributed by atoms with E-state index in [2.05, 4.69) is 10.6 Å². The van der Waals surface area contributed by atoms with E-state index in [1.165, 1.54) is 6.42 Å². The molecule has 0 aromatic carbocycles. The molecule has 0 spiro atoms. The molecule has 8 N–H and O–H groups in total. The zero-order valence-electron chi connectivity index (χ0n) is 23.2. The van der Waals surface area contributed by atoms with Crippen molar-refractivity contribution in [3.05, 3.63) is 0 Å². The summed E-state index contributed by atoms with van der Waals surface area (Å²) in [5.74, 6) is -4.84. The van der Waals surface area contributed by atoms with Gasteiger partial charge in [0.2, 0.25) is 0 Å². The van der Waals surface area contributed by atoms with Crippen molar-refractivity contribution in [2.24, 2.45) is 0 Å². The molecule has 0 aromatic heterocycles. The minimum Gasteiger partial charge on any atom is -0.480 e. The highest BCUT2D eigenvalue weighted by Gasteiger charge is 2.27. The first-order valence-corrected chi connectivity index (χ1v) is 13.6. The van der Waals surface area contributed by atoms with E-state index >= 15 is 0 Å². The Morgan fingerprint density at radius 3 is 1.20 bits per heavy atom. The van der Waals surface area contributed by atoms with Crippen LogP contribution >= 0.6 is 0 Å². The van der Waals surface area contributed by atoms with Crippen LogP contribution in [0.5, 0.6) is 0 Å². The Morgan fingerprint density at radius 1 is 0.512 bits per heavy atom. The second-order valence-corrected chi connectivity index (χ2v) is 9.72. The fraction of sp³-hybridized carbons (Fsp3) is 0.760. The maximum atomic E-state index is 10.8. The Morgan fingerprint density at radius 2 is 0.878 bits per heavy atom. The average molecular weight is 593 g/mol. The number of carboxylic acid groups (broad SMARTS) is 6. The first-order chi connectivity index (χ1) is 19.3. The van der Waals surface area contributed by atoms with Crippen LogP contribution in [0.2, 0.25) is 0 Å². The molecule has 2 fully saturated rings. The summed E-state index contributed by atoms with van der Waals surface area (Å²) in [6.45, 7) is -0.0589. The SMILES string of the molecule is O=C(O)CN(C(=O)O)C1CCCCC1.O=C(O)CN(CC(=O)O)C1CCCCC1.O=C(O)CNCCNCC(=O)O. The van der Waals surface area contributed by atoms with E-state index in [0.717, 1.165) is 62.7 Å². The number of hydrogen-bond donors (Lipinski definition) is 8. The molecule has 0 bridgehead atoms. The molecule has 2 aliphatic carbocycles. The summed E-state index contributed by atoms with van der Waals surface area (Å²) >= 11 is 0. The summed E-state index contributed by atoms with van der Waals surface area (Å²) in [7, 11) is 0. The molecule has 1 amide bonds. The van der Waals surface area contributed by atoms with Gasteiger partial charge in [-0.05, 0) is 25.7 Å². The second kappa shape index (κ2) is 22.2. The molecule has 41 heavy (non-hydrogen) atoms. The summed E-state index contributed by atoms with van der Waals surface area (Å²) in [6.07, 6.45) is 8.71. The van der Waals surface area contributed by atoms with Gasteiger partial charge in [0, 0.05) is 25.2 Å². The number of amides is 1. The molecule has 16 nitrogen and oxygen atoms in total. The summed E-state index contributed by atoms with van der Waals surface area (Å²) in [5.41, 5.74) is 0. The molecule has 0 unspecified atom stereocenters. The summed E-state index contributed by atoms with van der Waals surface area (Å²) in [4.78, 5) is 65.0. The maximum absolute atomic E-state index is 10.8. The van der Waals surface area contributed by atoms with Crippen LogP contribution in [0.3, 0.4) is 0 Å². The van der Waals surface area contributed by atoms with Crippen molar-refractivity contribution in [2.45, 2.75) is 76.3 Å². The van der Waals surface area contributed by atoms with Crippen LogP contribution in [0.1, 0.15) is 64.2 Å². The molecule has 0 heterocycles. The lowest BCUT2D eigenvalue weighted by atomic mass is 9.94. The maximum Gasteiger partial charge on any atom is 0.408 e. The quantitative estimate of drug-likeness (QED) is 0.121. The van der Waals surface area contributed by atoms with Crippen molar-refractivity contribution < 1.29 is 59.4 Å². The zero-order chi connectivity index (χ0) is 31.2. The number of rotatable bonds is 15. The van der Waals surface area contributed by atoms with Crippen molar-refractivity contribution in [2.75, 3.05) is 45.8 Å². The average Bonchev–Trinajstić information content (AvgIpc) is 2.89. The van der Waals surface area contributed by atoms with Crippen LogP contribution in [-0.2, 0) is 24.0 Å². The fourth-order valence-electron chi connectivity index (χ4n) is 4.57. The van der Waals surface area contributed by atoms with Crippen LogP contribution in [0.15, 0.2) is 0 Å². The molecular weight excluding hydrogens is 548 g/mol. The van der Waals surface area contributed by atoms with Crippen LogP contribution in [0, 0.1) is 0 Å². The Labute approximate surface area is 238 Å². The van der Waals surface area contributed by atoms with Gasteiger partial charge in [-0.2, -0.15) is 0 Å². The number of hydrogen-bond acceptors (Lipinski definition) is 9. The molecule has 0 aliphatic heterocycles. The second-order valence-electron chi connectivity index (χ2n) is 9.72. The number of nitrogens with one attached hydrogen (secondary N) is 2. The minimum absolute atomic E-state index is 0.0997. The van der Waals surface area contributed by atoms with Gasteiger partial charge in [0.25, 0.3) is 0 Å². The lowest BCUT2D eigenvalue weighted by Gasteiger charge is -2.31. The van der Waals surface area contributed by atoms with Crippen molar-refractivity contribution in [3.63, 3.8) is 0 Å². The van der Waals surface area contributed by atoms with Crippen molar-refractivity contribution in [1.29, 1.82) is 0 Å². The largest absolute Gasteiger partial charge is 0.480 e. The summed E-state index contributed by atoms with van der Waals surface area (Å²) < 4.78 is 0. The summed E-state index contributed by atoms with van der Waals surface area (Å²) in [5, 5.41) is 56.4. The standard InChI is InChI=1S/C10H17NO4.C9H15NO4.C6H12N2O4/c12-9(13)6-11(7-10(14)15)8-4-2-1-3-5-8;11-8(12)6-10(9(13)14)7-4-2-1-3-5-7;9-5(10)3-7-1-2-8-4-6(11)12/h8H,1-7H2,(H,12,13)(H,14,15);7H,1-6H2,(H,11,12)(H,13,14);7-8H,1-4H2,(H,9,10)(H,11,12). The van der Waals surface area contributed by atoms with Crippen LogP contribution in [0.4, 0.5) is 4.79 Å². The molecule has 2 rings (SSSR count). The van der Waals surface area contributed by atoms with Crippen molar-refractivity contribution in [1.82, 2.24) is 20.4 Å². The van der Waals surface area contributed by atoms with E-state index in [1.54, 1.807) is 4.90 Å². The van der Waals surface area contributed by atoms with Gasteiger partial charge in [0.05, 0.1) is 26.2 Å². The number of nitrogens with zero attached hydrogens (tertiary/aromatic N) is 2. The predicted octanol–water partition coefficient (Wildman–Crippen LogP) is 0.509. The van der Waals surface area contributed by atoms with E-state index in [1.807, 2.05) is 0 Å². The first kappa shape index (κ1) is 37.5. The molecule has 0 aromatic rings. The van der Waals surface area contributed by atoms with Gasteiger partial charge in [-0.1, -0.05) is 38.5 Å². The van der Waals surface area contributed by atoms with Crippen molar-refractivity contribution >= 4 is 35.9 Å². The fourth-order valence-corrected chi connectivity index (χ4v) is 4.57. The molecule has 2 saturated carbocycles. The van der Waals surface area contributed by atoms with Gasteiger partial charge in [-0.25, -0.2) is 4.79 Å². The van der Waals surface area contributed by atoms with Crippen LogP contribution in [0.25, 0.3) is 0 Å². The Balaban J connectivity index is 0.000000590. The number of aliphatic carboxylic acids is 5. The van der Waals surface area contributed by atoms with Crippen LogP contribution in [-0.4, -0.2) is 134 Å². The third kappa shape index (κ3) is 21.0. The van der Waals surface area contributed by atoms with Crippen molar-refractivity contribution in [3.8, 4) is 0 Å². The monoisotopic (exact) mass is 592 g/mol. The van der Waals surface area contributed by atoms with Gasteiger partial charge >= 0.3 is 35.9 Å². The molecule has 2 aliphatic rings. The molecule has 16 heteroatoms. The molecular formula is C25H44N4O12. The first-order valence-electron chi connectivity index (χ1n) is 13.6. The Bertz CT molecular complexity index is 795. The number of carbonyl (C=O) groups is 6. The van der Waals surface area contributed by atoms with Gasteiger partial charge in [-0.3, -0.25) is 33.8 Å². The summed E-state index contributed by atoms with van der Waals surface area (Å²) in [6, 6.07) is 0.0308. The lowest BCUT2D eigenvalue weighted by Crippen LogP contribution is -2.43. The Hall–Kier alpha value is -3.50. The molecule has 0 saturated heterocycles. The van der Waals surface area contributed by atoms with E-state index in [0.29, 0.717) is 13.1 Å². The minimum atomic E-state index is -1.13. The van der Waals surface area contributed by atoms with E-state index in [-0.39, 0.29) is 38.3 Å². The lowest BCUT2D eigenvalue weighted by molar-refractivity contribution is -0.143. The molecule has 236 valence electrons. The van der Waals surface area contributed by atoms with Crippen LogP contribution < -0.4 is 10.6 Å². The van der Waals surface area contributed by atoms with Gasteiger partial charge < -0.3 is 41.3 Å². The highest BCUT2D eigenvalue weighted by atomic mass is 16.4. The van der Waals surface area contributed by atoms with Gasteiger partial charge in [0.1, 0.15) is 6.54 Å². The van der Waals surface area contributed by atoms with Gasteiger partial charge in [-0.15, -0.1) is 0 Å². The third-order valence-corrected chi connectivity index (χ3v) is 6.37. The molecule has 0 radical (unpaired) electrons. The highest BCUT2D eigenvalue weighted by molar-refractivity contribution is 5.76. The van der Waals surface area contributed by atoms with E-state index < -0.39 is 42.5 Å². The zero-order valence-corrected chi connectivity index (χ0v) is 23.2. The third-order valence-electron chi connectivity index (χ3n) is 6.37. The predicted molar refractivity (Wildman–Crippen MR) is 144 cm³/mol.